The van der Waals surface area contributed by atoms with Crippen LogP contribution in [0.1, 0.15) is 31.2 Å². The summed E-state index contributed by atoms with van der Waals surface area (Å²) in [7, 11) is 5.64. The zero-order valence-electron chi connectivity index (χ0n) is 13.7. The van der Waals surface area contributed by atoms with Gasteiger partial charge < -0.3 is 15.1 Å². The Hall–Kier alpha value is -1.62. The van der Waals surface area contributed by atoms with Crippen LogP contribution in [0.2, 0.25) is 0 Å². The van der Waals surface area contributed by atoms with Crippen molar-refractivity contribution in [2.45, 2.75) is 44.4 Å². The van der Waals surface area contributed by atoms with Gasteiger partial charge >= 0.3 is 0 Å². The molecule has 4 nitrogen and oxygen atoms in total. The highest BCUT2D eigenvalue weighted by molar-refractivity contribution is 5.83. The van der Waals surface area contributed by atoms with Gasteiger partial charge in [0.1, 0.15) is 6.17 Å². The number of anilines is 2. The molecular weight excluding hydrogens is 281 g/mol. The number of halogens is 1. The van der Waals surface area contributed by atoms with Gasteiger partial charge in [0.25, 0.3) is 0 Å². The van der Waals surface area contributed by atoms with Crippen LogP contribution in [0.15, 0.2) is 18.2 Å². The van der Waals surface area contributed by atoms with Crippen molar-refractivity contribution >= 4 is 17.8 Å². The molecule has 0 aromatic heterocycles. The molecule has 1 fully saturated rings. The smallest absolute Gasteiger partial charge is 0.213 e. The van der Waals surface area contributed by atoms with Gasteiger partial charge in [0, 0.05) is 33.7 Å². The molecule has 5 heteroatoms. The zero-order chi connectivity index (χ0) is 16.1. The molecular formula is C17H26FN3O. The predicted octanol–water partition coefficient (Wildman–Crippen LogP) is 2.72. The van der Waals surface area contributed by atoms with Crippen LogP contribution in [-0.4, -0.2) is 39.8 Å². The summed E-state index contributed by atoms with van der Waals surface area (Å²) in [5.74, 6) is 0. The lowest BCUT2D eigenvalue weighted by Gasteiger charge is -2.27. The van der Waals surface area contributed by atoms with Crippen LogP contribution in [-0.2, 0) is 11.3 Å². The van der Waals surface area contributed by atoms with Crippen LogP contribution < -0.4 is 15.1 Å². The average Bonchev–Trinajstić information content (AvgIpc) is 2.53. The predicted molar refractivity (Wildman–Crippen MR) is 89.2 cm³/mol. The lowest BCUT2D eigenvalue weighted by molar-refractivity contribution is -0.107. The maximum Gasteiger partial charge on any atom is 0.213 e. The fraction of sp³-hybridized carbons (Fsp3) is 0.588. The topological polar surface area (TPSA) is 35.6 Å². The summed E-state index contributed by atoms with van der Waals surface area (Å²) in [5, 5.41) is 3.33. The number of hydrogen-bond acceptors (Lipinski definition) is 3. The van der Waals surface area contributed by atoms with Gasteiger partial charge in [-0.05, 0) is 30.5 Å². The summed E-state index contributed by atoms with van der Waals surface area (Å²) in [6, 6.07) is 5.97. The summed E-state index contributed by atoms with van der Waals surface area (Å²) < 4.78 is 13.9. The van der Waals surface area contributed by atoms with Crippen LogP contribution in [0.25, 0.3) is 0 Å². The van der Waals surface area contributed by atoms with E-state index in [9.17, 15) is 9.18 Å². The normalized spacial score (nSPS) is 21.5. The molecule has 2 rings (SSSR count). The second kappa shape index (κ2) is 7.58. The first-order valence-electron chi connectivity index (χ1n) is 7.88. The molecule has 2 atom stereocenters. The van der Waals surface area contributed by atoms with E-state index in [-0.39, 0.29) is 6.04 Å². The van der Waals surface area contributed by atoms with Crippen LogP contribution in [0.3, 0.4) is 0 Å². The van der Waals surface area contributed by atoms with Gasteiger partial charge in [-0.25, -0.2) is 4.39 Å². The monoisotopic (exact) mass is 307 g/mol. The van der Waals surface area contributed by atoms with Crippen LogP contribution in [0, 0.1) is 0 Å². The molecule has 0 aliphatic heterocycles. The number of hydrogen-bond donors (Lipinski definition) is 1. The van der Waals surface area contributed by atoms with E-state index in [4.69, 9.17) is 0 Å². The Labute approximate surface area is 132 Å². The molecule has 0 bridgehead atoms. The van der Waals surface area contributed by atoms with E-state index in [2.05, 4.69) is 5.32 Å². The summed E-state index contributed by atoms with van der Waals surface area (Å²) in [5.41, 5.74) is 2.91. The number of nitrogens with one attached hydrogen (secondary N) is 1. The lowest BCUT2D eigenvalue weighted by Crippen LogP contribution is -2.39. The first-order valence-corrected chi connectivity index (χ1v) is 7.88. The molecule has 1 N–H and O–H groups in total. The second-order valence-electron chi connectivity index (χ2n) is 6.22. The number of alkyl halides is 1. The molecule has 1 amide bonds. The van der Waals surface area contributed by atoms with Gasteiger partial charge in [0.2, 0.25) is 6.41 Å². The van der Waals surface area contributed by atoms with Gasteiger partial charge in [-0.2, -0.15) is 0 Å². The van der Waals surface area contributed by atoms with Crippen molar-refractivity contribution in [1.82, 2.24) is 5.32 Å². The van der Waals surface area contributed by atoms with Crippen LogP contribution in [0.5, 0.6) is 0 Å². The third kappa shape index (κ3) is 3.97. The number of rotatable bonds is 6. The van der Waals surface area contributed by atoms with Gasteiger partial charge in [0.05, 0.1) is 11.4 Å². The molecule has 0 spiro atoms. The quantitative estimate of drug-likeness (QED) is 0.821. The first kappa shape index (κ1) is 16.7. The number of benzene rings is 1. The van der Waals surface area contributed by atoms with E-state index in [0.717, 1.165) is 42.6 Å². The molecule has 1 aromatic carbocycles. The molecule has 0 radical (unpaired) electrons. The van der Waals surface area contributed by atoms with Crippen molar-refractivity contribution in [3.05, 3.63) is 23.8 Å². The molecule has 0 heterocycles. The Morgan fingerprint density at radius 1 is 1.23 bits per heavy atom. The molecule has 1 aromatic rings. The maximum absolute atomic E-state index is 13.9. The van der Waals surface area contributed by atoms with E-state index in [1.807, 2.05) is 37.2 Å². The minimum Gasteiger partial charge on any atom is -0.376 e. The summed E-state index contributed by atoms with van der Waals surface area (Å²) in [4.78, 5) is 14.6. The molecule has 22 heavy (non-hydrogen) atoms. The highest BCUT2D eigenvalue weighted by Crippen LogP contribution is 2.28. The molecule has 1 saturated carbocycles. The highest BCUT2D eigenvalue weighted by atomic mass is 19.1. The SMILES string of the molecule is CN(C)c1ccc(CNC2CCCC[C@@H]2F)cc1N(C)C=O. The maximum atomic E-state index is 13.9. The highest BCUT2D eigenvalue weighted by Gasteiger charge is 2.24. The van der Waals surface area contributed by atoms with Gasteiger partial charge in [0.15, 0.2) is 0 Å². The minimum atomic E-state index is -0.744. The average molecular weight is 307 g/mol. The van der Waals surface area contributed by atoms with E-state index in [1.165, 1.54) is 0 Å². The second-order valence-corrected chi connectivity index (χ2v) is 6.22. The Bertz CT molecular complexity index is 507. The van der Waals surface area contributed by atoms with Crippen molar-refractivity contribution < 1.29 is 9.18 Å². The molecule has 1 aliphatic rings. The standard InChI is InChI=1S/C17H26FN3O/c1-20(2)16-9-8-13(10-17(16)21(3)12-22)11-19-15-7-5-4-6-14(15)18/h8-10,12,14-15,19H,4-7,11H2,1-3H3/t14-,15?/m0/s1. The van der Waals surface area contributed by atoms with Crippen molar-refractivity contribution in [3.63, 3.8) is 0 Å². The lowest BCUT2D eigenvalue weighted by atomic mass is 9.93. The summed E-state index contributed by atoms with van der Waals surface area (Å²) in [6.07, 6.45) is 3.71. The number of carbonyl (C=O) groups is 1. The number of amides is 1. The van der Waals surface area contributed by atoms with Crippen LogP contribution in [0.4, 0.5) is 15.8 Å². The number of carbonyl (C=O) groups excluding carboxylic acids is 1. The van der Waals surface area contributed by atoms with Gasteiger partial charge in [-0.3, -0.25) is 4.79 Å². The molecule has 122 valence electrons. The van der Waals surface area contributed by atoms with Crippen molar-refractivity contribution in [2.75, 3.05) is 30.9 Å². The molecule has 1 unspecified atom stereocenters. The van der Waals surface area contributed by atoms with E-state index >= 15 is 0 Å². The largest absolute Gasteiger partial charge is 0.376 e. The summed E-state index contributed by atoms with van der Waals surface area (Å²) >= 11 is 0. The Balaban J connectivity index is 2.09. The zero-order valence-corrected chi connectivity index (χ0v) is 13.7. The van der Waals surface area contributed by atoms with Gasteiger partial charge in [-0.1, -0.05) is 18.9 Å². The minimum absolute atomic E-state index is 0.0467. The Kier molecular flexibility index (Phi) is 5.77. The molecule has 0 saturated heterocycles. The number of nitrogens with zero attached hydrogens (tertiary/aromatic N) is 2. The Morgan fingerprint density at radius 2 is 1.95 bits per heavy atom. The van der Waals surface area contributed by atoms with E-state index < -0.39 is 6.17 Å². The van der Waals surface area contributed by atoms with E-state index in [1.54, 1.807) is 11.9 Å². The fourth-order valence-electron chi connectivity index (χ4n) is 2.96. The van der Waals surface area contributed by atoms with Crippen molar-refractivity contribution in [3.8, 4) is 0 Å². The third-order valence-electron chi connectivity index (χ3n) is 4.31. The third-order valence-corrected chi connectivity index (χ3v) is 4.31. The van der Waals surface area contributed by atoms with E-state index in [0.29, 0.717) is 13.0 Å². The summed E-state index contributed by atoms with van der Waals surface area (Å²) in [6.45, 7) is 0.624. The van der Waals surface area contributed by atoms with Gasteiger partial charge in [-0.15, -0.1) is 0 Å². The van der Waals surface area contributed by atoms with Crippen LogP contribution >= 0.6 is 0 Å². The van der Waals surface area contributed by atoms with Crippen molar-refractivity contribution in [1.29, 1.82) is 0 Å². The Morgan fingerprint density at radius 3 is 2.59 bits per heavy atom. The fourth-order valence-corrected chi connectivity index (χ4v) is 2.96. The first-order chi connectivity index (χ1) is 10.5. The van der Waals surface area contributed by atoms with Crippen molar-refractivity contribution in [2.24, 2.45) is 0 Å². The molecule has 1 aliphatic carbocycles.